The summed E-state index contributed by atoms with van der Waals surface area (Å²) in [6, 6.07) is 5.25. The zero-order valence-electron chi connectivity index (χ0n) is 11.8. The fraction of sp³-hybridized carbons (Fsp3) is 0.562. The molecule has 0 heterocycles. The number of aromatic carboxylic acids is 1. The van der Waals surface area contributed by atoms with E-state index in [-0.39, 0.29) is 5.56 Å². The van der Waals surface area contributed by atoms with Gasteiger partial charge in [0.05, 0.1) is 10.6 Å². The molecule has 0 atom stereocenters. The highest BCUT2D eigenvalue weighted by atomic mass is 35.5. The van der Waals surface area contributed by atoms with Crippen molar-refractivity contribution >= 4 is 17.6 Å². The molecule has 0 saturated heterocycles. The number of benzene rings is 1. The Bertz CT molecular complexity index is 411. The molecule has 19 heavy (non-hydrogen) atoms. The third-order valence-corrected chi connectivity index (χ3v) is 4.06. The van der Waals surface area contributed by atoms with Gasteiger partial charge >= 0.3 is 5.97 Å². The number of carboxylic acids is 1. The van der Waals surface area contributed by atoms with Crippen molar-refractivity contribution in [2.45, 2.75) is 52.4 Å². The minimum Gasteiger partial charge on any atom is -0.478 e. The van der Waals surface area contributed by atoms with Crippen molar-refractivity contribution in [3.8, 4) is 0 Å². The van der Waals surface area contributed by atoms with Crippen LogP contribution in [0.15, 0.2) is 18.2 Å². The van der Waals surface area contributed by atoms with Gasteiger partial charge in [-0.1, -0.05) is 57.2 Å². The van der Waals surface area contributed by atoms with Gasteiger partial charge in [0.2, 0.25) is 0 Å². The minimum atomic E-state index is -0.967. The average molecular weight is 283 g/mol. The first-order chi connectivity index (χ1) is 9.08. The van der Waals surface area contributed by atoms with Gasteiger partial charge < -0.3 is 5.11 Å². The van der Waals surface area contributed by atoms with Gasteiger partial charge in [0.15, 0.2) is 0 Å². The Labute approximate surface area is 120 Å². The summed E-state index contributed by atoms with van der Waals surface area (Å²) in [4.78, 5) is 10.9. The van der Waals surface area contributed by atoms with Gasteiger partial charge in [-0.25, -0.2) is 4.79 Å². The van der Waals surface area contributed by atoms with Crippen LogP contribution < -0.4 is 0 Å². The summed E-state index contributed by atoms with van der Waals surface area (Å²) >= 11 is 5.95. The van der Waals surface area contributed by atoms with Crippen LogP contribution in [-0.4, -0.2) is 11.1 Å². The topological polar surface area (TPSA) is 37.3 Å². The standard InChI is InChI=1S/C16H23ClO2/c1-3-12(4-2)7-5-6-8-13-9-10-14(16(18)19)15(17)11-13/h9-12H,3-8H2,1-2H3,(H,18,19). The van der Waals surface area contributed by atoms with Crippen molar-refractivity contribution in [1.29, 1.82) is 0 Å². The molecule has 0 aliphatic heterocycles. The van der Waals surface area contributed by atoms with Crippen LogP contribution in [0.4, 0.5) is 0 Å². The molecule has 0 saturated carbocycles. The zero-order valence-corrected chi connectivity index (χ0v) is 12.5. The van der Waals surface area contributed by atoms with Gasteiger partial charge in [-0.05, 0) is 36.5 Å². The van der Waals surface area contributed by atoms with E-state index in [2.05, 4.69) is 13.8 Å². The van der Waals surface area contributed by atoms with Gasteiger partial charge in [-0.15, -0.1) is 0 Å². The van der Waals surface area contributed by atoms with Gasteiger partial charge in [0.25, 0.3) is 0 Å². The molecule has 0 aliphatic carbocycles. The van der Waals surface area contributed by atoms with Gasteiger partial charge in [-0.3, -0.25) is 0 Å². The summed E-state index contributed by atoms with van der Waals surface area (Å²) in [5, 5.41) is 9.24. The Balaban J connectivity index is 2.42. The normalized spacial score (nSPS) is 10.9. The van der Waals surface area contributed by atoms with E-state index in [1.165, 1.54) is 25.7 Å². The lowest BCUT2D eigenvalue weighted by atomic mass is 9.95. The number of carbonyl (C=O) groups is 1. The highest BCUT2D eigenvalue weighted by Gasteiger charge is 2.09. The van der Waals surface area contributed by atoms with Crippen molar-refractivity contribution in [3.05, 3.63) is 34.3 Å². The summed E-state index contributed by atoms with van der Waals surface area (Å²) in [5.74, 6) is -0.122. The van der Waals surface area contributed by atoms with Crippen molar-refractivity contribution in [1.82, 2.24) is 0 Å². The maximum atomic E-state index is 10.9. The number of rotatable bonds is 8. The van der Waals surface area contributed by atoms with Crippen molar-refractivity contribution in [2.24, 2.45) is 5.92 Å². The summed E-state index contributed by atoms with van der Waals surface area (Å²) in [5.41, 5.74) is 1.31. The van der Waals surface area contributed by atoms with Crippen LogP contribution in [0.3, 0.4) is 0 Å². The van der Waals surface area contributed by atoms with Crippen LogP contribution in [0, 0.1) is 5.92 Å². The van der Waals surface area contributed by atoms with Crippen LogP contribution in [0.1, 0.15) is 61.9 Å². The number of hydrogen-bond donors (Lipinski definition) is 1. The van der Waals surface area contributed by atoms with E-state index in [0.29, 0.717) is 5.02 Å². The summed E-state index contributed by atoms with van der Waals surface area (Å²) in [7, 11) is 0. The lowest BCUT2D eigenvalue weighted by Crippen LogP contribution is -1.99. The maximum absolute atomic E-state index is 10.9. The monoisotopic (exact) mass is 282 g/mol. The van der Waals surface area contributed by atoms with Gasteiger partial charge in [0, 0.05) is 0 Å². The third kappa shape index (κ3) is 5.23. The highest BCUT2D eigenvalue weighted by Crippen LogP contribution is 2.21. The van der Waals surface area contributed by atoms with E-state index in [1.807, 2.05) is 6.07 Å². The first-order valence-corrected chi connectivity index (χ1v) is 7.48. The molecule has 1 aromatic carbocycles. The van der Waals surface area contributed by atoms with E-state index >= 15 is 0 Å². The van der Waals surface area contributed by atoms with E-state index in [9.17, 15) is 4.79 Å². The molecule has 1 N–H and O–H groups in total. The number of halogens is 1. The molecule has 1 rings (SSSR count). The third-order valence-electron chi connectivity index (χ3n) is 3.75. The molecule has 3 heteroatoms. The summed E-state index contributed by atoms with van der Waals surface area (Å²) in [6.07, 6.45) is 7.14. The fourth-order valence-corrected chi connectivity index (χ4v) is 2.63. The van der Waals surface area contributed by atoms with E-state index in [0.717, 1.165) is 24.3 Å². The second-order valence-corrected chi connectivity index (χ2v) is 5.45. The first kappa shape index (κ1) is 16.0. The molecule has 0 aliphatic rings. The van der Waals surface area contributed by atoms with Crippen LogP contribution in [0.5, 0.6) is 0 Å². The molecule has 0 aromatic heterocycles. The second-order valence-electron chi connectivity index (χ2n) is 5.05. The SMILES string of the molecule is CCC(CC)CCCCc1ccc(C(=O)O)c(Cl)c1. The predicted molar refractivity (Wildman–Crippen MR) is 80.0 cm³/mol. The van der Waals surface area contributed by atoms with Crippen LogP contribution in [0.2, 0.25) is 5.02 Å². The highest BCUT2D eigenvalue weighted by molar-refractivity contribution is 6.33. The fourth-order valence-electron chi connectivity index (χ4n) is 2.35. The second kappa shape index (κ2) is 8.21. The van der Waals surface area contributed by atoms with E-state index in [1.54, 1.807) is 12.1 Å². The molecule has 0 radical (unpaired) electrons. The van der Waals surface area contributed by atoms with Crippen molar-refractivity contribution in [2.75, 3.05) is 0 Å². The molecule has 0 unspecified atom stereocenters. The Morgan fingerprint density at radius 2 is 1.95 bits per heavy atom. The van der Waals surface area contributed by atoms with E-state index < -0.39 is 5.97 Å². The van der Waals surface area contributed by atoms with Crippen molar-refractivity contribution < 1.29 is 9.90 Å². The van der Waals surface area contributed by atoms with E-state index in [4.69, 9.17) is 16.7 Å². The largest absolute Gasteiger partial charge is 0.478 e. The number of unbranched alkanes of at least 4 members (excludes halogenated alkanes) is 1. The maximum Gasteiger partial charge on any atom is 0.337 e. The molecule has 0 spiro atoms. The Morgan fingerprint density at radius 1 is 1.26 bits per heavy atom. The molecule has 1 aromatic rings. The molecule has 0 fully saturated rings. The Morgan fingerprint density at radius 3 is 2.47 bits per heavy atom. The van der Waals surface area contributed by atoms with Crippen molar-refractivity contribution in [3.63, 3.8) is 0 Å². The van der Waals surface area contributed by atoms with Gasteiger partial charge in [-0.2, -0.15) is 0 Å². The zero-order chi connectivity index (χ0) is 14.3. The van der Waals surface area contributed by atoms with Gasteiger partial charge in [0.1, 0.15) is 0 Å². The Hall–Kier alpha value is -1.02. The number of aryl methyl sites for hydroxylation is 1. The minimum absolute atomic E-state index is 0.183. The molecular weight excluding hydrogens is 260 g/mol. The number of hydrogen-bond acceptors (Lipinski definition) is 1. The smallest absolute Gasteiger partial charge is 0.337 e. The quantitative estimate of drug-likeness (QED) is 0.667. The Kier molecular flexibility index (Phi) is 6.93. The molecule has 2 nitrogen and oxygen atoms in total. The van der Waals surface area contributed by atoms with Crippen LogP contribution >= 0.6 is 11.6 Å². The number of carboxylic acid groups (broad SMARTS) is 1. The first-order valence-electron chi connectivity index (χ1n) is 7.10. The molecular formula is C16H23ClO2. The predicted octanol–water partition coefficient (Wildman–Crippen LogP) is 5.19. The summed E-state index contributed by atoms with van der Waals surface area (Å²) < 4.78 is 0. The molecule has 0 amide bonds. The molecule has 106 valence electrons. The lowest BCUT2D eigenvalue weighted by molar-refractivity contribution is 0.0697. The van der Waals surface area contributed by atoms with Crippen LogP contribution in [0.25, 0.3) is 0 Å². The van der Waals surface area contributed by atoms with Crippen LogP contribution in [-0.2, 0) is 6.42 Å². The summed E-state index contributed by atoms with van der Waals surface area (Å²) in [6.45, 7) is 4.50. The lowest BCUT2D eigenvalue weighted by Gasteiger charge is -2.11. The molecule has 0 bridgehead atoms. The average Bonchev–Trinajstić information content (AvgIpc) is 2.38.